The molecule has 0 aliphatic heterocycles. The minimum Gasteiger partial charge on any atom is -0.453 e. The van der Waals surface area contributed by atoms with Crippen LogP contribution in [0, 0.1) is 12.7 Å². The van der Waals surface area contributed by atoms with Crippen LogP contribution in [0.2, 0.25) is 0 Å². The summed E-state index contributed by atoms with van der Waals surface area (Å²) in [6.45, 7) is 1.50. The number of ketones is 1. The lowest BCUT2D eigenvalue weighted by Gasteiger charge is -2.04. The molecule has 2 heterocycles. The van der Waals surface area contributed by atoms with Gasteiger partial charge in [0.15, 0.2) is 12.4 Å². The third kappa shape index (κ3) is 3.99. The van der Waals surface area contributed by atoms with Gasteiger partial charge < -0.3 is 4.74 Å². The largest absolute Gasteiger partial charge is 0.453 e. The molecule has 0 amide bonds. The molecule has 0 fully saturated rings. The van der Waals surface area contributed by atoms with Gasteiger partial charge in [0.05, 0.1) is 11.4 Å². The monoisotopic (exact) mass is 472 g/mol. The second-order valence-electron chi connectivity index (χ2n) is 6.31. The number of aryl methyl sites for hydroxylation is 1. The zero-order chi connectivity index (χ0) is 20.5. The summed E-state index contributed by atoms with van der Waals surface area (Å²) in [4.78, 5) is 25.8. The molecular formula is C21H14BrFN2O3S. The molecule has 146 valence electrons. The van der Waals surface area contributed by atoms with Crippen LogP contribution < -0.4 is 0 Å². The number of rotatable bonds is 5. The molecule has 0 atom stereocenters. The minimum atomic E-state index is -0.568. The first-order chi connectivity index (χ1) is 13.9. The number of fused-ring (bicyclic) bond motifs is 1. The van der Waals surface area contributed by atoms with Crippen molar-refractivity contribution in [2.45, 2.75) is 6.92 Å². The predicted molar refractivity (Wildman–Crippen MR) is 112 cm³/mol. The smallest absolute Gasteiger partial charge is 0.348 e. The maximum atomic E-state index is 13.2. The van der Waals surface area contributed by atoms with E-state index < -0.39 is 5.97 Å². The molecule has 4 rings (SSSR count). The summed E-state index contributed by atoms with van der Waals surface area (Å²) in [5, 5.41) is 5.28. The lowest BCUT2D eigenvalue weighted by molar-refractivity contribution is 0.0479. The highest BCUT2D eigenvalue weighted by Gasteiger charge is 2.19. The van der Waals surface area contributed by atoms with Gasteiger partial charge in [-0.3, -0.25) is 4.79 Å². The van der Waals surface area contributed by atoms with Crippen LogP contribution in [0.25, 0.3) is 15.9 Å². The number of halogens is 2. The van der Waals surface area contributed by atoms with Crippen molar-refractivity contribution < 1.29 is 18.7 Å². The molecule has 4 aromatic rings. The van der Waals surface area contributed by atoms with Crippen molar-refractivity contribution in [2.75, 3.05) is 6.61 Å². The molecule has 5 nitrogen and oxygen atoms in total. The Morgan fingerprint density at radius 1 is 1.14 bits per heavy atom. The zero-order valence-corrected chi connectivity index (χ0v) is 17.6. The molecule has 0 aliphatic rings. The van der Waals surface area contributed by atoms with Crippen molar-refractivity contribution in [1.82, 2.24) is 9.78 Å². The van der Waals surface area contributed by atoms with E-state index in [2.05, 4.69) is 21.0 Å². The molecule has 2 aromatic carbocycles. The highest BCUT2D eigenvalue weighted by atomic mass is 79.9. The summed E-state index contributed by atoms with van der Waals surface area (Å²) >= 11 is 4.53. The molecule has 0 radical (unpaired) electrons. The van der Waals surface area contributed by atoms with Crippen LogP contribution in [0.1, 0.15) is 25.7 Å². The Labute approximate surface area is 177 Å². The van der Waals surface area contributed by atoms with Crippen LogP contribution in [0.15, 0.2) is 59.1 Å². The molecule has 0 bridgehead atoms. The molecule has 0 spiro atoms. The normalized spacial score (nSPS) is 11.0. The van der Waals surface area contributed by atoms with Crippen LogP contribution >= 0.6 is 27.3 Å². The number of Topliss-reactive ketones (excluding diaryl/α,β-unsaturated/α-hetero) is 1. The fraction of sp³-hybridized carbons (Fsp3) is 0.0952. The average Bonchev–Trinajstić information content (AvgIpc) is 3.28. The Morgan fingerprint density at radius 2 is 1.83 bits per heavy atom. The van der Waals surface area contributed by atoms with Gasteiger partial charge in [-0.15, -0.1) is 11.3 Å². The van der Waals surface area contributed by atoms with Crippen LogP contribution in [-0.4, -0.2) is 28.1 Å². The van der Waals surface area contributed by atoms with Gasteiger partial charge in [-0.25, -0.2) is 13.9 Å². The first-order valence-corrected chi connectivity index (χ1v) is 10.2. The van der Waals surface area contributed by atoms with E-state index in [4.69, 9.17) is 4.74 Å². The zero-order valence-electron chi connectivity index (χ0n) is 15.2. The standard InChI is InChI=1S/C21H14BrFN2O3S/c1-12-17-10-19(21(27)28-11-18(26)13-2-4-14(22)5-3-13)29-20(17)25(24-12)16-8-6-15(23)7-9-16/h2-10H,11H2,1H3. The molecule has 0 aliphatic carbocycles. The van der Waals surface area contributed by atoms with Crippen molar-refractivity contribution in [1.29, 1.82) is 0 Å². The van der Waals surface area contributed by atoms with E-state index >= 15 is 0 Å². The second kappa shape index (κ2) is 7.88. The van der Waals surface area contributed by atoms with Gasteiger partial charge in [-0.2, -0.15) is 5.10 Å². The average molecular weight is 473 g/mol. The summed E-state index contributed by atoms with van der Waals surface area (Å²) < 4.78 is 20.9. The van der Waals surface area contributed by atoms with Gasteiger partial charge in [0.1, 0.15) is 15.5 Å². The summed E-state index contributed by atoms with van der Waals surface area (Å²) in [7, 11) is 0. The van der Waals surface area contributed by atoms with E-state index in [1.807, 2.05) is 6.92 Å². The molecule has 29 heavy (non-hydrogen) atoms. The first kappa shape index (κ1) is 19.5. The third-order valence-electron chi connectivity index (χ3n) is 4.32. The van der Waals surface area contributed by atoms with Gasteiger partial charge in [-0.1, -0.05) is 28.1 Å². The number of hydrogen-bond donors (Lipinski definition) is 0. The fourth-order valence-electron chi connectivity index (χ4n) is 2.83. The number of carbonyl (C=O) groups is 2. The van der Waals surface area contributed by atoms with Gasteiger partial charge >= 0.3 is 5.97 Å². The van der Waals surface area contributed by atoms with E-state index in [0.29, 0.717) is 16.1 Å². The van der Waals surface area contributed by atoms with Crippen molar-refractivity contribution in [3.63, 3.8) is 0 Å². The lowest BCUT2D eigenvalue weighted by Crippen LogP contribution is -2.13. The summed E-state index contributed by atoms with van der Waals surface area (Å²) in [6, 6.07) is 14.5. The van der Waals surface area contributed by atoms with E-state index in [-0.39, 0.29) is 18.2 Å². The molecule has 0 unspecified atom stereocenters. The molecular weight excluding hydrogens is 459 g/mol. The van der Waals surface area contributed by atoms with Crippen LogP contribution in [-0.2, 0) is 4.74 Å². The Balaban J connectivity index is 1.54. The quantitative estimate of drug-likeness (QED) is 0.290. The van der Waals surface area contributed by atoms with Crippen LogP contribution in [0.5, 0.6) is 0 Å². The number of benzene rings is 2. The number of esters is 1. The maximum absolute atomic E-state index is 13.2. The molecule has 0 saturated heterocycles. The van der Waals surface area contributed by atoms with E-state index in [0.717, 1.165) is 20.4 Å². The molecule has 0 saturated carbocycles. The Hall–Kier alpha value is -2.84. The van der Waals surface area contributed by atoms with E-state index in [1.165, 1.54) is 23.5 Å². The predicted octanol–water partition coefficient (Wildman–Crippen LogP) is 5.34. The van der Waals surface area contributed by atoms with E-state index in [1.54, 1.807) is 47.1 Å². The van der Waals surface area contributed by atoms with Gasteiger partial charge in [0.25, 0.3) is 0 Å². The topological polar surface area (TPSA) is 61.2 Å². The molecule has 2 aromatic heterocycles. The fourth-order valence-corrected chi connectivity index (χ4v) is 4.17. The summed E-state index contributed by atoms with van der Waals surface area (Å²) in [6.07, 6.45) is 0. The Kier molecular flexibility index (Phi) is 5.29. The number of carbonyl (C=O) groups excluding carboxylic acids is 2. The molecule has 0 N–H and O–H groups in total. The van der Waals surface area contributed by atoms with Gasteiger partial charge in [0, 0.05) is 15.4 Å². The van der Waals surface area contributed by atoms with Gasteiger partial charge in [0.2, 0.25) is 0 Å². The van der Waals surface area contributed by atoms with E-state index in [9.17, 15) is 14.0 Å². The first-order valence-electron chi connectivity index (χ1n) is 8.63. The summed E-state index contributed by atoms with van der Waals surface area (Å²) in [5.41, 5.74) is 1.90. The van der Waals surface area contributed by atoms with Crippen molar-refractivity contribution in [3.05, 3.63) is 81.0 Å². The highest BCUT2D eigenvalue weighted by molar-refractivity contribution is 9.10. The molecule has 8 heteroatoms. The number of aromatic nitrogens is 2. The minimum absolute atomic E-state index is 0.277. The van der Waals surface area contributed by atoms with Crippen molar-refractivity contribution in [3.8, 4) is 5.69 Å². The van der Waals surface area contributed by atoms with Crippen molar-refractivity contribution >= 4 is 49.2 Å². The van der Waals surface area contributed by atoms with Crippen LogP contribution in [0.3, 0.4) is 0 Å². The number of ether oxygens (including phenoxy) is 1. The lowest BCUT2D eigenvalue weighted by atomic mass is 10.1. The highest BCUT2D eigenvalue weighted by Crippen LogP contribution is 2.31. The SMILES string of the molecule is Cc1nn(-c2ccc(F)cc2)c2sc(C(=O)OCC(=O)c3ccc(Br)cc3)cc12. The Morgan fingerprint density at radius 3 is 2.52 bits per heavy atom. The maximum Gasteiger partial charge on any atom is 0.348 e. The van der Waals surface area contributed by atoms with Crippen LogP contribution in [0.4, 0.5) is 4.39 Å². The van der Waals surface area contributed by atoms with Gasteiger partial charge in [-0.05, 0) is 49.4 Å². The summed E-state index contributed by atoms with van der Waals surface area (Å²) in [5.74, 6) is -1.18. The number of nitrogens with zero attached hydrogens (tertiary/aromatic N) is 2. The number of hydrogen-bond acceptors (Lipinski definition) is 5. The van der Waals surface area contributed by atoms with Crippen molar-refractivity contribution in [2.24, 2.45) is 0 Å². The second-order valence-corrected chi connectivity index (χ2v) is 8.26. The Bertz CT molecular complexity index is 1210. The number of thiophene rings is 1. The third-order valence-corrected chi connectivity index (χ3v) is 5.94.